The molecule has 1 unspecified atom stereocenters. The molecule has 3 nitrogen and oxygen atoms in total. The molecule has 0 radical (unpaired) electrons. The molecule has 3 rings (SSSR count). The summed E-state index contributed by atoms with van der Waals surface area (Å²) in [7, 11) is 0. The highest BCUT2D eigenvalue weighted by Gasteiger charge is 2.28. The van der Waals surface area contributed by atoms with Crippen LogP contribution >= 0.6 is 0 Å². The van der Waals surface area contributed by atoms with E-state index in [-0.39, 0.29) is 11.9 Å². The Bertz CT molecular complexity index is 555. The highest BCUT2D eigenvalue weighted by atomic mass is 19.1. The molecule has 1 aliphatic heterocycles. The van der Waals surface area contributed by atoms with Crippen LogP contribution < -0.4 is 10.1 Å². The normalized spacial score (nSPS) is 19.8. The minimum atomic E-state index is -0.556. The fourth-order valence-electron chi connectivity index (χ4n) is 2.61. The largest absolute Gasteiger partial charge is 0.481 e. The van der Waals surface area contributed by atoms with Crippen molar-refractivity contribution in [2.24, 2.45) is 5.92 Å². The second kappa shape index (κ2) is 6.01. The van der Waals surface area contributed by atoms with Crippen molar-refractivity contribution in [2.45, 2.75) is 12.5 Å². The molecule has 0 saturated carbocycles. The van der Waals surface area contributed by atoms with E-state index in [4.69, 9.17) is 4.74 Å². The van der Waals surface area contributed by atoms with Gasteiger partial charge in [-0.05, 0) is 30.7 Å². The van der Waals surface area contributed by atoms with Gasteiger partial charge in [0, 0.05) is 18.7 Å². The van der Waals surface area contributed by atoms with Crippen LogP contribution in [0.25, 0.3) is 0 Å². The number of hydrogen-bond donors (Lipinski definition) is 1. The van der Waals surface area contributed by atoms with Gasteiger partial charge in [-0.25, -0.2) is 4.98 Å². The molecule has 0 aliphatic carbocycles. The number of pyridine rings is 1. The first-order chi connectivity index (χ1) is 9.84. The standard InChI is InChI=1S/C16H17FN2O/c17-16-14(7-4-9-19-16)20-15(13-8-10-18-11-13)12-5-2-1-3-6-12/h1-7,9,13,15,18H,8,10-11H2/t13-,15?/m1/s1. The maximum atomic E-state index is 13.7. The molecule has 20 heavy (non-hydrogen) atoms. The Hall–Kier alpha value is -1.94. The van der Waals surface area contributed by atoms with Gasteiger partial charge >= 0.3 is 0 Å². The third-order valence-electron chi connectivity index (χ3n) is 3.63. The zero-order valence-corrected chi connectivity index (χ0v) is 11.1. The van der Waals surface area contributed by atoms with E-state index in [1.807, 2.05) is 30.3 Å². The van der Waals surface area contributed by atoms with Gasteiger partial charge in [-0.15, -0.1) is 0 Å². The summed E-state index contributed by atoms with van der Waals surface area (Å²) in [5, 5.41) is 3.33. The van der Waals surface area contributed by atoms with E-state index in [1.54, 1.807) is 12.1 Å². The zero-order valence-electron chi connectivity index (χ0n) is 11.1. The van der Waals surface area contributed by atoms with Gasteiger partial charge in [-0.3, -0.25) is 0 Å². The summed E-state index contributed by atoms with van der Waals surface area (Å²) >= 11 is 0. The molecule has 2 heterocycles. The van der Waals surface area contributed by atoms with Gasteiger partial charge in [0.1, 0.15) is 6.10 Å². The Morgan fingerprint density at radius 2 is 2.05 bits per heavy atom. The summed E-state index contributed by atoms with van der Waals surface area (Å²) in [4.78, 5) is 3.65. The summed E-state index contributed by atoms with van der Waals surface area (Å²) < 4.78 is 19.6. The van der Waals surface area contributed by atoms with Crippen LogP contribution in [0.5, 0.6) is 5.75 Å². The van der Waals surface area contributed by atoms with Gasteiger partial charge in [0.15, 0.2) is 5.75 Å². The summed E-state index contributed by atoms with van der Waals surface area (Å²) in [5.74, 6) is 0.00430. The number of nitrogens with zero attached hydrogens (tertiary/aromatic N) is 1. The van der Waals surface area contributed by atoms with Crippen molar-refractivity contribution in [1.82, 2.24) is 10.3 Å². The molecule has 0 amide bonds. The third-order valence-corrected chi connectivity index (χ3v) is 3.63. The molecular weight excluding hydrogens is 255 g/mol. The summed E-state index contributed by atoms with van der Waals surface area (Å²) in [5.41, 5.74) is 1.07. The van der Waals surface area contributed by atoms with Crippen molar-refractivity contribution in [2.75, 3.05) is 13.1 Å². The van der Waals surface area contributed by atoms with Crippen LogP contribution in [0.4, 0.5) is 4.39 Å². The average molecular weight is 272 g/mol. The lowest BCUT2D eigenvalue weighted by Gasteiger charge is -2.24. The van der Waals surface area contributed by atoms with E-state index in [2.05, 4.69) is 10.3 Å². The highest BCUT2D eigenvalue weighted by molar-refractivity contribution is 5.24. The monoisotopic (exact) mass is 272 g/mol. The number of rotatable bonds is 4. The van der Waals surface area contributed by atoms with Crippen LogP contribution in [-0.2, 0) is 0 Å². The minimum absolute atomic E-state index is 0.148. The first-order valence-electron chi connectivity index (χ1n) is 6.87. The van der Waals surface area contributed by atoms with Crippen molar-refractivity contribution in [1.29, 1.82) is 0 Å². The van der Waals surface area contributed by atoms with Crippen LogP contribution in [-0.4, -0.2) is 18.1 Å². The van der Waals surface area contributed by atoms with Crippen LogP contribution in [0.2, 0.25) is 0 Å². The van der Waals surface area contributed by atoms with Crippen molar-refractivity contribution in [3.8, 4) is 5.75 Å². The van der Waals surface area contributed by atoms with E-state index < -0.39 is 5.95 Å². The number of benzene rings is 1. The molecule has 2 aromatic rings. The SMILES string of the molecule is Fc1ncccc1OC(c1ccccc1)[C@@H]1CCNC1. The fraction of sp³-hybridized carbons (Fsp3) is 0.312. The van der Waals surface area contributed by atoms with E-state index in [9.17, 15) is 4.39 Å². The van der Waals surface area contributed by atoms with Crippen LogP contribution in [0.15, 0.2) is 48.7 Å². The number of nitrogens with one attached hydrogen (secondary N) is 1. The van der Waals surface area contributed by atoms with E-state index >= 15 is 0 Å². The highest BCUT2D eigenvalue weighted by Crippen LogP contribution is 2.32. The molecule has 0 spiro atoms. The predicted molar refractivity (Wildman–Crippen MR) is 75.0 cm³/mol. The Labute approximate surface area is 117 Å². The predicted octanol–water partition coefficient (Wildman–Crippen LogP) is 2.95. The fourth-order valence-corrected chi connectivity index (χ4v) is 2.61. The minimum Gasteiger partial charge on any atom is -0.481 e. The topological polar surface area (TPSA) is 34.1 Å². The maximum absolute atomic E-state index is 13.7. The Morgan fingerprint density at radius 1 is 1.20 bits per heavy atom. The van der Waals surface area contributed by atoms with Crippen LogP contribution in [0, 0.1) is 11.9 Å². The Morgan fingerprint density at radius 3 is 2.75 bits per heavy atom. The number of ether oxygens (including phenoxy) is 1. The maximum Gasteiger partial charge on any atom is 0.255 e. The van der Waals surface area contributed by atoms with E-state index in [0.717, 1.165) is 25.1 Å². The lowest BCUT2D eigenvalue weighted by molar-refractivity contribution is 0.136. The smallest absolute Gasteiger partial charge is 0.255 e. The van der Waals surface area contributed by atoms with Gasteiger partial charge in [0.25, 0.3) is 5.95 Å². The number of hydrogen-bond acceptors (Lipinski definition) is 3. The third kappa shape index (κ3) is 2.80. The molecule has 4 heteroatoms. The summed E-state index contributed by atoms with van der Waals surface area (Å²) in [6.07, 6.45) is 2.31. The van der Waals surface area contributed by atoms with E-state index in [0.29, 0.717) is 5.92 Å². The Balaban J connectivity index is 1.88. The molecule has 1 aromatic carbocycles. The molecular formula is C16H17FN2O. The van der Waals surface area contributed by atoms with Gasteiger partial charge < -0.3 is 10.1 Å². The van der Waals surface area contributed by atoms with Gasteiger partial charge in [0.2, 0.25) is 0 Å². The second-order valence-electron chi connectivity index (χ2n) is 4.99. The molecule has 1 saturated heterocycles. The van der Waals surface area contributed by atoms with Gasteiger partial charge in [-0.1, -0.05) is 30.3 Å². The van der Waals surface area contributed by atoms with Crippen molar-refractivity contribution in [3.05, 3.63) is 60.2 Å². The quantitative estimate of drug-likeness (QED) is 0.869. The number of halogens is 1. The first kappa shape index (κ1) is 13.1. The van der Waals surface area contributed by atoms with Crippen molar-refractivity contribution < 1.29 is 9.13 Å². The Kier molecular flexibility index (Phi) is 3.92. The lowest BCUT2D eigenvalue weighted by atomic mass is 9.95. The molecule has 0 bridgehead atoms. The molecule has 104 valence electrons. The lowest BCUT2D eigenvalue weighted by Crippen LogP contribution is -2.21. The first-order valence-corrected chi connectivity index (χ1v) is 6.87. The average Bonchev–Trinajstić information content (AvgIpc) is 3.01. The van der Waals surface area contributed by atoms with E-state index in [1.165, 1.54) is 6.20 Å². The van der Waals surface area contributed by atoms with Crippen molar-refractivity contribution >= 4 is 0 Å². The molecule has 2 atom stereocenters. The van der Waals surface area contributed by atoms with Crippen LogP contribution in [0.3, 0.4) is 0 Å². The van der Waals surface area contributed by atoms with Gasteiger partial charge in [-0.2, -0.15) is 4.39 Å². The molecule has 1 aliphatic rings. The number of aromatic nitrogens is 1. The summed E-state index contributed by atoms with van der Waals surface area (Å²) in [6.45, 7) is 1.87. The van der Waals surface area contributed by atoms with Gasteiger partial charge in [0.05, 0.1) is 0 Å². The van der Waals surface area contributed by atoms with Crippen molar-refractivity contribution in [3.63, 3.8) is 0 Å². The summed E-state index contributed by atoms with van der Waals surface area (Å²) in [6, 6.07) is 13.3. The second-order valence-corrected chi connectivity index (χ2v) is 4.99. The molecule has 1 aromatic heterocycles. The van der Waals surface area contributed by atoms with Crippen LogP contribution in [0.1, 0.15) is 18.1 Å². The molecule has 1 N–H and O–H groups in total. The zero-order chi connectivity index (χ0) is 13.8. The molecule has 1 fully saturated rings.